The monoisotopic (exact) mass is 438 g/mol. The van der Waals surface area contributed by atoms with Crippen LogP contribution in [-0.2, 0) is 11.3 Å². The van der Waals surface area contributed by atoms with Crippen LogP contribution in [0.1, 0.15) is 43.7 Å². The number of carbonyl (C=O) groups is 1. The number of rotatable bonds is 5. The van der Waals surface area contributed by atoms with Crippen molar-refractivity contribution in [3.8, 4) is 22.5 Å². The van der Waals surface area contributed by atoms with Crippen molar-refractivity contribution in [2.45, 2.75) is 41.2 Å². The van der Waals surface area contributed by atoms with Crippen molar-refractivity contribution >= 4 is 5.97 Å². The number of esters is 1. The summed E-state index contributed by atoms with van der Waals surface area (Å²) in [5.41, 5.74) is 12.2. The van der Waals surface area contributed by atoms with Crippen molar-refractivity contribution < 1.29 is 9.53 Å². The summed E-state index contributed by atoms with van der Waals surface area (Å²) in [7, 11) is 1.40. The van der Waals surface area contributed by atoms with Crippen molar-refractivity contribution in [1.29, 1.82) is 0 Å². The van der Waals surface area contributed by atoms with Crippen LogP contribution in [0.2, 0.25) is 0 Å². The minimum atomic E-state index is -0.329. The van der Waals surface area contributed by atoms with Crippen molar-refractivity contribution in [2.24, 2.45) is 0 Å². The molecular weight excluding hydrogens is 408 g/mol. The van der Waals surface area contributed by atoms with Gasteiger partial charge in [-0.1, -0.05) is 36.4 Å². The van der Waals surface area contributed by atoms with E-state index in [1.54, 1.807) is 12.1 Å². The van der Waals surface area contributed by atoms with Gasteiger partial charge in [-0.2, -0.15) is 5.10 Å². The van der Waals surface area contributed by atoms with Crippen LogP contribution in [0.25, 0.3) is 22.5 Å². The number of benzene rings is 3. The zero-order valence-electron chi connectivity index (χ0n) is 20.2. The molecule has 4 aromatic rings. The molecule has 4 nitrogen and oxygen atoms in total. The van der Waals surface area contributed by atoms with E-state index in [0.29, 0.717) is 12.1 Å². The molecule has 0 unspecified atom stereocenters. The van der Waals surface area contributed by atoms with Gasteiger partial charge < -0.3 is 4.74 Å². The van der Waals surface area contributed by atoms with Gasteiger partial charge in [0.15, 0.2) is 0 Å². The smallest absolute Gasteiger partial charge is 0.337 e. The van der Waals surface area contributed by atoms with E-state index < -0.39 is 0 Å². The third kappa shape index (κ3) is 4.47. The third-order valence-corrected chi connectivity index (χ3v) is 6.46. The Labute approximate surface area is 195 Å². The fourth-order valence-electron chi connectivity index (χ4n) is 4.12. The van der Waals surface area contributed by atoms with E-state index in [1.165, 1.54) is 29.4 Å². The molecular formula is C29H30N2O2. The lowest BCUT2D eigenvalue weighted by molar-refractivity contribution is 0.0600. The molecule has 0 amide bonds. The largest absolute Gasteiger partial charge is 0.465 e. The molecule has 0 fully saturated rings. The normalized spacial score (nSPS) is 11.0. The van der Waals surface area contributed by atoms with Crippen LogP contribution in [0.4, 0.5) is 0 Å². The van der Waals surface area contributed by atoms with Crippen LogP contribution >= 0.6 is 0 Å². The number of hydrogen-bond acceptors (Lipinski definition) is 3. The van der Waals surface area contributed by atoms with Gasteiger partial charge in [0.05, 0.1) is 30.6 Å². The number of ether oxygens (including phenoxy) is 1. The molecule has 0 spiro atoms. The van der Waals surface area contributed by atoms with Crippen molar-refractivity contribution in [3.63, 3.8) is 0 Å². The average molecular weight is 439 g/mol. The Morgan fingerprint density at radius 2 is 1.36 bits per heavy atom. The lowest BCUT2D eigenvalue weighted by Crippen LogP contribution is -2.06. The summed E-state index contributed by atoms with van der Waals surface area (Å²) in [5, 5.41) is 5.07. The zero-order valence-corrected chi connectivity index (χ0v) is 20.2. The number of methoxy groups -OCH3 is 1. The molecule has 4 rings (SSSR count). The fraction of sp³-hybridized carbons (Fsp3) is 0.241. The first-order valence-electron chi connectivity index (χ1n) is 11.2. The summed E-state index contributed by atoms with van der Waals surface area (Å²) in [5.74, 6) is -0.329. The first-order chi connectivity index (χ1) is 15.8. The average Bonchev–Trinajstić information content (AvgIpc) is 3.13. The van der Waals surface area contributed by atoms with Crippen LogP contribution < -0.4 is 0 Å². The Morgan fingerprint density at radius 1 is 0.788 bits per heavy atom. The highest BCUT2D eigenvalue weighted by molar-refractivity contribution is 5.89. The van der Waals surface area contributed by atoms with Gasteiger partial charge >= 0.3 is 5.97 Å². The predicted molar refractivity (Wildman–Crippen MR) is 134 cm³/mol. The van der Waals surface area contributed by atoms with Crippen LogP contribution in [0, 0.1) is 34.6 Å². The summed E-state index contributed by atoms with van der Waals surface area (Å²) in [6.45, 7) is 11.3. The first-order valence-corrected chi connectivity index (χ1v) is 11.2. The minimum Gasteiger partial charge on any atom is -0.465 e. The summed E-state index contributed by atoms with van der Waals surface area (Å²) in [6, 6.07) is 20.6. The lowest BCUT2D eigenvalue weighted by Gasteiger charge is -2.11. The topological polar surface area (TPSA) is 44.1 Å². The van der Waals surface area contributed by atoms with E-state index in [0.717, 1.165) is 33.6 Å². The summed E-state index contributed by atoms with van der Waals surface area (Å²) >= 11 is 0. The molecule has 0 aliphatic carbocycles. The molecule has 33 heavy (non-hydrogen) atoms. The molecule has 0 atom stereocenters. The molecule has 168 valence electrons. The maximum atomic E-state index is 11.8. The van der Waals surface area contributed by atoms with Gasteiger partial charge in [0, 0.05) is 16.7 Å². The van der Waals surface area contributed by atoms with E-state index in [2.05, 4.69) is 75.7 Å². The molecule has 1 aromatic heterocycles. The second-order valence-electron chi connectivity index (χ2n) is 8.77. The number of nitrogens with zero attached hydrogens (tertiary/aromatic N) is 2. The molecule has 0 saturated carbocycles. The Bertz CT molecular complexity index is 1330. The third-order valence-electron chi connectivity index (χ3n) is 6.46. The highest BCUT2D eigenvalue weighted by atomic mass is 16.5. The first kappa shape index (κ1) is 22.5. The van der Waals surface area contributed by atoms with Gasteiger partial charge in [-0.25, -0.2) is 4.79 Å². The van der Waals surface area contributed by atoms with Crippen molar-refractivity contribution in [3.05, 3.63) is 99.6 Å². The molecule has 4 heteroatoms. The number of hydrogen-bond donors (Lipinski definition) is 0. The summed E-state index contributed by atoms with van der Waals surface area (Å²) < 4.78 is 6.90. The van der Waals surface area contributed by atoms with Gasteiger partial charge in [0.1, 0.15) is 0 Å². The van der Waals surface area contributed by atoms with Crippen molar-refractivity contribution in [2.75, 3.05) is 7.11 Å². The van der Waals surface area contributed by atoms with Gasteiger partial charge in [0.25, 0.3) is 0 Å². The number of aromatic nitrogens is 2. The predicted octanol–water partition coefficient (Wildman–Crippen LogP) is 6.59. The molecule has 0 aliphatic heterocycles. The van der Waals surface area contributed by atoms with E-state index >= 15 is 0 Å². The van der Waals surface area contributed by atoms with Crippen LogP contribution in [0.15, 0.2) is 60.7 Å². The zero-order chi connectivity index (χ0) is 23.7. The Morgan fingerprint density at radius 3 is 1.94 bits per heavy atom. The van der Waals surface area contributed by atoms with Crippen LogP contribution in [0.3, 0.4) is 0 Å². The second kappa shape index (κ2) is 9.07. The highest BCUT2D eigenvalue weighted by Crippen LogP contribution is 2.34. The number of aryl methyl sites for hydroxylation is 4. The molecule has 0 N–H and O–H groups in total. The van der Waals surface area contributed by atoms with Crippen LogP contribution in [-0.4, -0.2) is 22.9 Å². The standard InChI is InChI=1S/C29H30N2O2/c1-18-7-11-25(15-20(18)3)27-22(5)28(26-12-8-19(2)21(4)16-26)31(30-27)17-23-9-13-24(14-10-23)29(32)33-6/h7-16H,17H2,1-6H3. The van der Waals surface area contributed by atoms with E-state index in [1.807, 2.05) is 12.1 Å². The van der Waals surface area contributed by atoms with Gasteiger partial charge in [-0.05, 0) is 86.7 Å². The highest BCUT2D eigenvalue weighted by Gasteiger charge is 2.19. The maximum Gasteiger partial charge on any atom is 0.337 e. The number of carbonyl (C=O) groups excluding carboxylic acids is 1. The van der Waals surface area contributed by atoms with Crippen LogP contribution in [0.5, 0.6) is 0 Å². The molecule has 0 aliphatic rings. The van der Waals surface area contributed by atoms with Gasteiger partial charge in [-0.3, -0.25) is 4.68 Å². The molecule has 0 bridgehead atoms. The maximum absolute atomic E-state index is 11.8. The van der Waals surface area contributed by atoms with E-state index in [-0.39, 0.29) is 5.97 Å². The SMILES string of the molecule is COC(=O)c1ccc(Cn2nc(-c3ccc(C)c(C)c3)c(C)c2-c2ccc(C)c(C)c2)cc1. The van der Waals surface area contributed by atoms with Gasteiger partial charge in [-0.15, -0.1) is 0 Å². The summed E-state index contributed by atoms with van der Waals surface area (Å²) in [4.78, 5) is 11.8. The second-order valence-corrected chi connectivity index (χ2v) is 8.77. The van der Waals surface area contributed by atoms with E-state index in [9.17, 15) is 4.79 Å². The fourth-order valence-corrected chi connectivity index (χ4v) is 4.12. The quantitative estimate of drug-likeness (QED) is 0.330. The Balaban J connectivity index is 1.82. The molecule has 1 heterocycles. The lowest BCUT2D eigenvalue weighted by atomic mass is 9.98. The summed E-state index contributed by atoms with van der Waals surface area (Å²) in [6.07, 6.45) is 0. The Kier molecular flexibility index (Phi) is 6.19. The molecule has 3 aromatic carbocycles. The van der Waals surface area contributed by atoms with E-state index in [4.69, 9.17) is 9.84 Å². The van der Waals surface area contributed by atoms with Gasteiger partial charge in [0.2, 0.25) is 0 Å². The molecule has 0 radical (unpaired) electrons. The minimum absolute atomic E-state index is 0.329. The Hall–Kier alpha value is -3.66. The molecule has 0 saturated heterocycles. The van der Waals surface area contributed by atoms with Crippen molar-refractivity contribution in [1.82, 2.24) is 9.78 Å².